The summed E-state index contributed by atoms with van der Waals surface area (Å²) < 4.78 is 11.1. The summed E-state index contributed by atoms with van der Waals surface area (Å²) in [5.41, 5.74) is 4.37. The molecule has 9 heteroatoms. The molecule has 0 bridgehead atoms. The third kappa shape index (κ3) is 4.92. The van der Waals surface area contributed by atoms with Gasteiger partial charge in [-0.2, -0.15) is 0 Å². The number of carbonyl (C=O) groups is 3. The van der Waals surface area contributed by atoms with Gasteiger partial charge in [-0.05, 0) is 61.0 Å². The van der Waals surface area contributed by atoms with Crippen molar-refractivity contribution < 1.29 is 23.9 Å². The third-order valence-corrected chi connectivity index (χ3v) is 7.20. The molecule has 182 valence electrons. The van der Waals surface area contributed by atoms with Gasteiger partial charge < -0.3 is 14.4 Å². The van der Waals surface area contributed by atoms with Crippen molar-refractivity contribution in [2.24, 2.45) is 0 Å². The molecule has 35 heavy (non-hydrogen) atoms. The quantitative estimate of drug-likeness (QED) is 0.600. The van der Waals surface area contributed by atoms with E-state index in [1.165, 1.54) is 16.8 Å². The lowest BCUT2D eigenvalue weighted by Crippen LogP contribution is -2.50. The van der Waals surface area contributed by atoms with Crippen molar-refractivity contribution in [3.8, 4) is 11.5 Å². The number of amides is 3. The van der Waals surface area contributed by atoms with Gasteiger partial charge in [0.2, 0.25) is 0 Å². The Balaban J connectivity index is 1.21. The van der Waals surface area contributed by atoms with Crippen LogP contribution in [0.1, 0.15) is 16.7 Å². The highest BCUT2D eigenvalue weighted by atomic mass is 32.2. The number of hydrogen-bond acceptors (Lipinski definition) is 8. The van der Waals surface area contributed by atoms with Crippen LogP contribution in [0, 0.1) is 13.8 Å². The van der Waals surface area contributed by atoms with E-state index in [0.717, 1.165) is 29.8 Å². The van der Waals surface area contributed by atoms with Gasteiger partial charge in [0.1, 0.15) is 13.2 Å². The molecule has 5 rings (SSSR count). The number of aryl methyl sites for hydroxylation is 2. The number of nitrogens with zero attached hydrogens (tertiary/aromatic N) is 3. The zero-order chi connectivity index (χ0) is 24.5. The number of imide groups is 3. The van der Waals surface area contributed by atoms with Gasteiger partial charge in [-0.3, -0.25) is 19.3 Å². The predicted octanol–water partition coefficient (Wildman–Crippen LogP) is 3.46. The summed E-state index contributed by atoms with van der Waals surface area (Å²) >= 11 is 0.784. The Morgan fingerprint density at radius 3 is 2.46 bits per heavy atom. The van der Waals surface area contributed by atoms with Gasteiger partial charge >= 0.3 is 0 Å². The highest BCUT2D eigenvalue weighted by Gasteiger charge is 2.40. The van der Waals surface area contributed by atoms with E-state index in [0.29, 0.717) is 43.4 Å². The fourth-order valence-electron chi connectivity index (χ4n) is 4.55. The number of benzene rings is 2. The van der Waals surface area contributed by atoms with Crippen molar-refractivity contribution in [2.75, 3.05) is 50.8 Å². The predicted molar refractivity (Wildman–Crippen MR) is 135 cm³/mol. The standard InChI is InChI=1S/C26H27N3O5S/c1-17-3-5-20(18(2)13-17)28-9-7-27(8-10-28)16-24(30)29-25(31)23(35-26(29)32)15-19-4-6-21-22(14-19)34-12-11-33-21/h3-6,13-15H,7-12,16H2,1-2H3/b23-15-. The van der Waals surface area contributed by atoms with Gasteiger partial charge in [-0.1, -0.05) is 23.8 Å². The summed E-state index contributed by atoms with van der Waals surface area (Å²) in [7, 11) is 0. The Morgan fingerprint density at radius 1 is 0.971 bits per heavy atom. The fraction of sp³-hybridized carbons (Fsp3) is 0.346. The first-order chi connectivity index (χ1) is 16.9. The van der Waals surface area contributed by atoms with Crippen LogP contribution in [0.25, 0.3) is 6.08 Å². The Morgan fingerprint density at radius 2 is 1.71 bits per heavy atom. The first-order valence-electron chi connectivity index (χ1n) is 11.6. The van der Waals surface area contributed by atoms with Crippen molar-refractivity contribution in [3.05, 3.63) is 58.0 Å². The van der Waals surface area contributed by atoms with Crippen LogP contribution in [0.15, 0.2) is 41.3 Å². The van der Waals surface area contributed by atoms with Gasteiger partial charge in [0.25, 0.3) is 17.1 Å². The number of thioether (sulfide) groups is 1. The number of hydrogen-bond donors (Lipinski definition) is 0. The monoisotopic (exact) mass is 493 g/mol. The van der Waals surface area contributed by atoms with Crippen LogP contribution in [0.4, 0.5) is 10.5 Å². The highest BCUT2D eigenvalue weighted by Crippen LogP contribution is 2.35. The molecule has 0 N–H and O–H groups in total. The lowest BCUT2D eigenvalue weighted by atomic mass is 10.1. The molecule has 0 saturated carbocycles. The molecule has 3 heterocycles. The Labute approximate surface area is 208 Å². The molecule has 2 fully saturated rings. The van der Waals surface area contributed by atoms with Crippen LogP contribution < -0.4 is 14.4 Å². The Bertz CT molecular complexity index is 1220. The minimum atomic E-state index is -0.575. The Kier molecular flexibility index (Phi) is 6.53. The minimum Gasteiger partial charge on any atom is -0.486 e. The van der Waals surface area contributed by atoms with Crippen LogP contribution in [0.2, 0.25) is 0 Å². The molecule has 2 saturated heterocycles. The van der Waals surface area contributed by atoms with Crippen LogP contribution in [0.5, 0.6) is 11.5 Å². The zero-order valence-corrected chi connectivity index (χ0v) is 20.6. The SMILES string of the molecule is Cc1ccc(N2CCN(CC(=O)N3C(=O)S/C(=C\c4ccc5c(c4)OCCO5)C3=O)CC2)c(C)c1. The summed E-state index contributed by atoms with van der Waals surface area (Å²) in [4.78, 5) is 43.7. The first kappa shape index (κ1) is 23.4. The van der Waals surface area contributed by atoms with Gasteiger partial charge in [0.05, 0.1) is 11.4 Å². The second-order valence-electron chi connectivity index (χ2n) is 8.87. The topological polar surface area (TPSA) is 79.4 Å². The lowest BCUT2D eigenvalue weighted by Gasteiger charge is -2.36. The molecule has 2 aromatic carbocycles. The maximum absolute atomic E-state index is 12.9. The van der Waals surface area contributed by atoms with E-state index >= 15 is 0 Å². The van der Waals surface area contributed by atoms with Gasteiger partial charge in [0, 0.05) is 31.9 Å². The van der Waals surface area contributed by atoms with Gasteiger partial charge in [-0.25, -0.2) is 4.90 Å². The summed E-state index contributed by atoms with van der Waals surface area (Å²) in [5, 5.41) is -0.558. The van der Waals surface area contributed by atoms with Crippen LogP contribution in [-0.4, -0.2) is 72.8 Å². The third-order valence-electron chi connectivity index (χ3n) is 6.33. The van der Waals surface area contributed by atoms with Crippen LogP contribution in [0.3, 0.4) is 0 Å². The number of rotatable bonds is 4. The van der Waals surface area contributed by atoms with E-state index in [1.807, 2.05) is 4.90 Å². The second kappa shape index (κ2) is 9.75. The molecular weight excluding hydrogens is 466 g/mol. The van der Waals surface area contributed by atoms with E-state index in [2.05, 4.69) is 36.9 Å². The smallest absolute Gasteiger partial charge is 0.300 e. The van der Waals surface area contributed by atoms with Crippen molar-refractivity contribution in [3.63, 3.8) is 0 Å². The van der Waals surface area contributed by atoms with Crippen molar-refractivity contribution in [2.45, 2.75) is 13.8 Å². The van der Waals surface area contributed by atoms with Crippen molar-refractivity contribution in [1.82, 2.24) is 9.80 Å². The van der Waals surface area contributed by atoms with E-state index in [4.69, 9.17) is 9.47 Å². The first-order valence-corrected chi connectivity index (χ1v) is 12.5. The number of piperazine rings is 1. The average molecular weight is 494 g/mol. The summed E-state index contributed by atoms with van der Waals surface area (Å²) in [6, 6.07) is 11.7. The number of anilines is 1. The molecule has 0 unspecified atom stereocenters. The summed E-state index contributed by atoms with van der Waals surface area (Å²) in [6.45, 7) is 8.11. The second-order valence-corrected chi connectivity index (χ2v) is 9.86. The van der Waals surface area contributed by atoms with Gasteiger partial charge in [-0.15, -0.1) is 0 Å². The molecule has 2 aromatic rings. The molecule has 0 radical (unpaired) electrons. The molecule has 0 aliphatic carbocycles. The molecular formula is C26H27N3O5S. The maximum atomic E-state index is 12.9. The number of carbonyl (C=O) groups excluding carboxylic acids is 3. The normalized spacial score (nSPS) is 19.5. The lowest BCUT2D eigenvalue weighted by molar-refractivity contribution is -0.138. The summed E-state index contributed by atoms with van der Waals surface area (Å²) in [6.07, 6.45) is 1.61. The Hall–Kier alpha value is -3.30. The largest absolute Gasteiger partial charge is 0.486 e. The molecule has 8 nitrogen and oxygen atoms in total. The van der Waals surface area contributed by atoms with E-state index < -0.39 is 17.1 Å². The fourth-order valence-corrected chi connectivity index (χ4v) is 5.39. The number of ether oxygens (including phenoxy) is 2. The summed E-state index contributed by atoms with van der Waals surface area (Å²) in [5.74, 6) is 0.182. The van der Waals surface area contributed by atoms with E-state index in [1.54, 1.807) is 24.3 Å². The van der Waals surface area contributed by atoms with E-state index in [9.17, 15) is 14.4 Å². The van der Waals surface area contributed by atoms with Crippen molar-refractivity contribution >= 4 is 40.6 Å². The molecule has 3 aliphatic rings. The highest BCUT2D eigenvalue weighted by molar-refractivity contribution is 8.18. The molecule has 0 atom stereocenters. The molecule has 3 aliphatic heterocycles. The van der Waals surface area contributed by atoms with Gasteiger partial charge in [0.15, 0.2) is 11.5 Å². The zero-order valence-electron chi connectivity index (χ0n) is 19.8. The van der Waals surface area contributed by atoms with E-state index in [-0.39, 0.29) is 11.4 Å². The van der Waals surface area contributed by atoms with Crippen molar-refractivity contribution in [1.29, 1.82) is 0 Å². The molecule has 3 amide bonds. The van der Waals surface area contributed by atoms with Crippen LogP contribution >= 0.6 is 11.8 Å². The molecule has 0 spiro atoms. The van der Waals surface area contributed by atoms with Crippen LogP contribution in [-0.2, 0) is 9.59 Å². The maximum Gasteiger partial charge on any atom is 0.300 e. The average Bonchev–Trinajstić information content (AvgIpc) is 3.12. The minimum absolute atomic E-state index is 0.0378. The number of fused-ring (bicyclic) bond motifs is 1. The molecule has 0 aromatic heterocycles.